The summed E-state index contributed by atoms with van der Waals surface area (Å²) in [7, 11) is 0. The molecule has 0 spiro atoms. The highest BCUT2D eigenvalue weighted by Crippen LogP contribution is 2.27. The zero-order valence-corrected chi connectivity index (χ0v) is 13.2. The molecule has 1 atom stereocenters. The molecule has 1 amide bonds. The molecule has 1 heterocycles. The molecule has 1 saturated heterocycles. The third-order valence-electron chi connectivity index (χ3n) is 3.86. The first-order valence-corrected chi connectivity index (χ1v) is 7.54. The number of ether oxygens (including phenoxy) is 2. The largest absolute Gasteiger partial charge is 0.489 e. The smallest absolute Gasteiger partial charge is 0.410 e. The highest BCUT2D eigenvalue weighted by molar-refractivity contribution is 5.88. The fraction of sp³-hybridized carbons (Fsp3) is 0.389. The number of cyclic esters (lactones) is 1. The van der Waals surface area contributed by atoms with Crippen LogP contribution in [0.25, 0.3) is 10.8 Å². The summed E-state index contributed by atoms with van der Waals surface area (Å²) in [5, 5.41) is 2.21. The number of carbonyl (C=O) groups is 1. The molecular weight excluding hydrogens is 278 g/mol. The maximum absolute atomic E-state index is 11.9. The van der Waals surface area contributed by atoms with E-state index in [2.05, 4.69) is 12.1 Å². The SMILES string of the molecule is CC(C)(C)N1C[C@H](COc2cccc3ccccc23)OC1=O. The summed E-state index contributed by atoms with van der Waals surface area (Å²) < 4.78 is 11.3. The predicted molar refractivity (Wildman–Crippen MR) is 86.2 cm³/mol. The van der Waals surface area contributed by atoms with Gasteiger partial charge in [0, 0.05) is 10.9 Å². The summed E-state index contributed by atoms with van der Waals surface area (Å²) in [6, 6.07) is 14.1. The summed E-state index contributed by atoms with van der Waals surface area (Å²) in [5.74, 6) is 0.823. The lowest BCUT2D eigenvalue weighted by molar-refractivity contribution is 0.0997. The minimum Gasteiger partial charge on any atom is -0.489 e. The van der Waals surface area contributed by atoms with Crippen molar-refractivity contribution < 1.29 is 14.3 Å². The van der Waals surface area contributed by atoms with Crippen LogP contribution in [-0.4, -0.2) is 35.8 Å². The molecule has 0 N–H and O–H groups in total. The second kappa shape index (κ2) is 5.52. The van der Waals surface area contributed by atoms with Crippen molar-refractivity contribution in [3.63, 3.8) is 0 Å². The first-order chi connectivity index (χ1) is 10.4. The first-order valence-electron chi connectivity index (χ1n) is 7.54. The van der Waals surface area contributed by atoms with Crippen LogP contribution >= 0.6 is 0 Å². The molecule has 0 bridgehead atoms. The fourth-order valence-corrected chi connectivity index (χ4v) is 2.66. The Bertz CT molecular complexity index is 685. The van der Waals surface area contributed by atoms with Crippen molar-refractivity contribution in [3.05, 3.63) is 42.5 Å². The Hall–Kier alpha value is -2.23. The van der Waals surface area contributed by atoms with Gasteiger partial charge in [-0.25, -0.2) is 4.79 Å². The molecule has 4 heteroatoms. The molecule has 0 aromatic heterocycles. The van der Waals surface area contributed by atoms with E-state index in [0.717, 1.165) is 16.5 Å². The van der Waals surface area contributed by atoms with Crippen molar-refractivity contribution in [1.29, 1.82) is 0 Å². The lowest BCUT2D eigenvalue weighted by atomic mass is 10.1. The van der Waals surface area contributed by atoms with E-state index in [-0.39, 0.29) is 17.7 Å². The third-order valence-corrected chi connectivity index (χ3v) is 3.86. The highest BCUT2D eigenvalue weighted by atomic mass is 16.6. The molecule has 3 rings (SSSR count). The Morgan fingerprint density at radius 1 is 1.18 bits per heavy atom. The number of rotatable bonds is 3. The van der Waals surface area contributed by atoms with Gasteiger partial charge in [0.05, 0.1) is 6.54 Å². The lowest BCUT2D eigenvalue weighted by Crippen LogP contribution is -2.42. The van der Waals surface area contributed by atoms with Gasteiger partial charge in [-0.05, 0) is 32.2 Å². The van der Waals surface area contributed by atoms with E-state index in [1.54, 1.807) is 4.90 Å². The van der Waals surface area contributed by atoms with E-state index >= 15 is 0 Å². The van der Waals surface area contributed by atoms with Gasteiger partial charge in [-0.3, -0.25) is 4.90 Å². The van der Waals surface area contributed by atoms with Gasteiger partial charge in [0.2, 0.25) is 0 Å². The predicted octanol–water partition coefficient (Wildman–Crippen LogP) is 3.84. The standard InChI is InChI=1S/C18H21NO3/c1-18(2,3)19-11-14(22-17(19)20)12-21-16-10-6-8-13-7-4-5-9-15(13)16/h4-10,14H,11-12H2,1-3H3/t14-/m1/s1. The van der Waals surface area contributed by atoms with Crippen LogP contribution in [0.4, 0.5) is 4.79 Å². The average Bonchev–Trinajstić information content (AvgIpc) is 2.86. The maximum atomic E-state index is 11.9. The second-order valence-electron chi connectivity index (χ2n) is 6.58. The Morgan fingerprint density at radius 3 is 2.64 bits per heavy atom. The Kier molecular flexibility index (Phi) is 3.69. The highest BCUT2D eigenvalue weighted by Gasteiger charge is 2.38. The number of nitrogens with zero attached hydrogens (tertiary/aromatic N) is 1. The first kappa shape index (κ1) is 14.7. The summed E-state index contributed by atoms with van der Waals surface area (Å²) in [4.78, 5) is 13.6. The molecular formula is C18H21NO3. The van der Waals surface area contributed by atoms with Gasteiger partial charge in [0.1, 0.15) is 12.4 Å². The molecule has 4 nitrogen and oxygen atoms in total. The van der Waals surface area contributed by atoms with Gasteiger partial charge in [-0.15, -0.1) is 0 Å². The van der Waals surface area contributed by atoms with Gasteiger partial charge >= 0.3 is 6.09 Å². The molecule has 2 aromatic rings. The molecule has 0 unspecified atom stereocenters. The molecule has 0 radical (unpaired) electrons. The molecule has 22 heavy (non-hydrogen) atoms. The lowest BCUT2D eigenvalue weighted by Gasteiger charge is -2.29. The molecule has 0 saturated carbocycles. The van der Waals surface area contributed by atoms with Crippen molar-refractivity contribution in [2.45, 2.75) is 32.4 Å². The van der Waals surface area contributed by atoms with E-state index < -0.39 is 0 Å². The van der Waals surface area contributed by atoms with Crippen LogP contribution in [-0.2, 0) is 4.74 Å². The molecule has 116 valence electrons. The normalized spacial score (nSPS) is 18.6. The van der Waals surface area contributed by atoms with Crippen LogP contribution in [0.2, 0.25) is 0 Å². The minimum atomic E-state index is -0.265. The maximum Gasteiger partial charge on any atom is 0.410 e. The Labute approximate surface area is 130 Å². The number of hydrogen-bond acceptors (Lipinski definition) is 3. The van der Waals surface area contributed by atoms with Crippen LogP contribution in [0.15, 0.2) is 42.5 Å². The molecule has 0 aliphatic carbocycles. The van der Waals surface area contributed by atoms with Gasteiger partial charge < -0.3 is 9.47 Å². The number of fused-ring (bicyclic) bond motifs is 1. The molecule has 1 fully saturated rings. The monoisotopic (exact) mass is 299 g/mol. The van der Waals surface area contributed by atoms with Crippen molar-refractivity contribution in [1.82, 2.24) is 4.90 Å². The van der Waals surface area contributed by atoms with E-state index in [9.17, 15) is 4.79 Å². The van der Waals surface area contributed by atoms with E-state index in [0.29, 0.717) is 13.2 Å². The zero-order valence-electron chi connectivity index (χ0n) is 13.2. The Balaban J connectivity index is 1.69. The molecule has 2 aromatic carbocycles. The molecule has 1 aliphatic rings. The fourth-order valence-electron chi connectivity index (χ4n) is 2.66. The van der Waals surface area contributed by atoms with Crippen LogP contribution in [0.1, 0.15) is 20.8 Å². The van der Waals surface area contributed by atoms with Crippen LogP contribution < -0.4 is 4.74 Å². The zero-order chi connectivity index (χ0) is 15.7. The topological polar surface area (TPSA) is 38.8 Å². The third kappa shape index (κ3) is 2.86. The number of hydrogen-bond donors (Lipinski definition) is 0. The van der Waals surface area contributed by atoms with E-state index in [1.165, 1.54) is 0 Å². The van der Waals surface area contributed by atoms with Crippen LogP contribution in [0, 0.1) is 0 Å². The Morgan fingerprint density at radius 2 is 1.91 bits per heavy atom. The summed E-state index contributed by atoms with van der Waals surface area (Å²) >= 11 is 0. The van der Waals surface area contributed by atoms with Crippen LogP contribution in [0.3, 0.4) is 0 Å². The van der Waals surface area contributed by atoms with Crippen molar-refractivity contribution >= 4 is 16.9 Å². The van der Waals surface area contributed by atoms with Crippen molar-refractivity contribution in [2.24, 2.45) is 0 Å². The number of amides is 1. The van der Waals surface area contributed by atoms with Gasteiger partial charge in [0.25, 0.3) is 0 Å². The molecule has 1 aliphatic heterocycles. The van der Waals surface area contributed by atoms with Gasteiger partial charge in [-0.2, -0.15) is 0 Å². The number of carbonyl (C=O) groups excluding carboxylic acids is 1. The summed E-state index contributed by atoms with van der Waals surface area (Å²) in [6.07, 6.45) is -0.496. The van der Waals surface area contributed by atoms with E-state index in [1.807, 2.05) is 51.1 Å². The van der Waals surface area contributed by atoms with E-state index in [4.69, 9.17) is 9.47 Å². The summed E-state index contributed by atoms with van der Waals surface area (Å²) in [5.41, 5.74) is -0.231. The van der Waals surface area contributed by atoms with Crippen molar-refractivity contribution in [3.8, 4) is 5.75 Å². The van der Waals surface area contributed by atoms with Crippen molar-refractivity contribution in [2.75, 3.05) is 13.2 Å². The van der Waals surface area contributed by atoms with Crippen LogP contribution in [0.5, 0.6) is 5.75 Å². The van der Waals surface area contributed by atoms with Gasteiger partial charge in [0.15, 0.2) is 6.10 Å². The number of benzene rings is 2. The second-order valence-corrected chi connectivity index (χ2v) is 6.58. The summed E-state index contributed by atoms with van der Waals surface area (Å²) in [6.45, 7) is 6.94. The average molecular weight is 299 g/mol. The minimum absolute atomic E-state index is 0.231. The quantitative estimate of drug-likeness (QED) is 0.864. The van der Waals surface area contributed by atoms with Gasteiger partial charge in [-0.1, -0.05) is 36.4 Å².